The number of rotatable bonds is 4. The van der Waals surface area contributed by atoms with Crippen LogP contribution in [-0.4, -0.2) is 20.7 Å². The number of carbonyl (C=O) groups excluding carboxylic acids is 1. The molecule has 0 spiro atoms. The molecule has 2 N–H and O–H groups in total. The molecule has 0 saturated carbocycles. The van der Waals surface area contributed by atoms with Gasteiger partial charge in [0, 0.05) is 17.3 Å². The van der Waals surface area contributed by atoms with Gasteiger partial charge in [-0.25, -0.2) is 9.67 Å². The first-order chi connectivity index (χ1) is 11.5. The smallest absolute Gasteiger partial charge is 0.288 e. The molecular formula is C15H10BrCl2N5O. The van der Waals surface area contributed by atoms with E-state index in [1.165, 1.54) is 4.68 Å². The maximum absolute atomic E-state index is 12.5. The van der Waals surface area contributed by atoms with Crippen LogP contribution in [-0.2, 0) is 0 Å². The van der Waals surface area contributed by atoms with Gasteiger partial charge in [-0.2, -0.15) is 5.10 Å². The zero-order valence-electron chi connectivity index (χ0n) is 12.0. The Hall–Kier alpha value is -2.09. The predicted molar refractivity (Wildman–Crippen MR) is 96.6 cm³/mol. The molecule has 0 aliphatic heterocycles. The minimum atomic E-state index is -0.398. The summed E-state index contributed by atoms with van der Waals surface area (Å²) in [6.07, 6.45) is 1.57. The number of hydrogen-bond acceptors (Lipinski definition) is 4. The van der Waals surface area contributed by atoms with Gasteiger partial charge < -0.3 is 0 Å². The van der Waals surface area contributed by atoms with Crippen LogP contribution in [0.25, 0.3) is 5.82 Å². The van der Waals surface area contributed by atoms with Crippen molar-refractivity contribution in [1.82, 2.24) is 20.2 Å². The van der Waals surface area contributed by atoms with Gasteiger partial charge in [-0.3, -0.25) is 15.6 Å². The summed E-state index contributed by atoms with van der Waals surface area (Å²) in [5, 5.41) is 5.20. The predicted octanol–water partition coefficient (Wildman–Crippen LogP) is 4.09. The quantitative estimate of drug-likeness (QED) is 0.616. The topological polar surface area (TPSA) is 71.8 Å². The molecule has 9 heteroatoms. The van der Waals surface area contributed by atoms with Crippen molar-refractivity contribution in [3.8, 4) is 5.82 Å². The summed E-state index contributed by atoms with van der Waals surface area (Å²) in [6.45, 7) is 0. The number of amides is 1. The molecule has 122 valence electrons. The number of hydrogen-bond donors (Lipinski definition) is 2. The van der Waals surface area contributed by atoms with Crippen molar-refractivity contribution in [2.75, 3.05) is 5.43 Å². The summed E-state index contributed by atoms with van der Waals surface area (Å²) in [5.41, 5.74) is 6.35. The zero-order chi connectivity index (χ0) is 17.1. The first kappa shape index (κ1) is 16.8. The van der Waals surface area contributed by atoms with Gasteiger partial charge in [0.2, 0.25) is 0 Å². The van der Waals surface area contributed by atoms with Crippen LogP contribution in [0, 0.1) is 0 Å². The van der Waals surface area contributed by atoms with Crippen molar-refractivity contribution in [3.63, 3.8) is 0 Å². The van der Waals surface area contributed by atoms with Gasteiger partial charge in [0.1, 0.15) is 10.3 Å². The van der Waals surface area contributed by atoms with E-state index in [0.29, 0.717) is 26.2 Å². The lowest BCUT2D eigenvalue weighted by Crippen LogP contribution is -2.31. The summed E-state index contributed by atoms with van der Waals surface area (Å²) in [4.78, 5) is 16.6. The van der Waals surface area contributed by atoms with Gasteiger partial charge in [0.15, 0.2) is 5.82 Å². The maximum Gasteiger partial charge on any atom is 0.288 e. The Bertz CT molecular complexity index is 882. The minimum absolute atomic E-state index is 0.268. The molecule has 0 atom stereocenters. The lowest BCUT2D eigenvalue weighted by molar-refractivity contribution is 0.0955. The van der Waals surface area contributed by atoms with E-state index in [4.69, 9.17) is 23.2 Å². The third kappa shape index (κ3) is 3.69. The molecule has 3 rings (SSSR count). The molecule has 6 nitrogen and oxygen atoms in total. The highest BCUT2D eigenvalue weighted by Gasteiger charge is 2.18. The van der Waals surface area contributed by atoms with E-state index < -0.39 is 5.91 Å². The fourth-order valence-corrected chi connectivity index (χ4v) is 2.64. The monoisotopic (exact) mass is 425 g/mol. The first-order valence-corrected chi connectivity index (χ1v) is 8.28. The molecule has 0 aliphatic carbocycles. The van der Waals surface area contributed by atoms with Crippen molar-refractivity contribution >= 4 is 50.7 Å². The van der Waals surface area contributed by atoms with Crippen LogP contribution in [0.3, 0.4) is 0 Å². The third-order valence-electron chi connectivity index (χ3n) is 3.02. The maximum atomic E-state index is 12.5. The summed E-state index contributed by atoms with van der Waals surface area (Å²) in [5.74, 6) is -0.0358. The molecule has 0 saturated heterocycles. The number of aromatic nitrogens is 3. The van der Waals surface area contributed by atoms with Gasteiger partial charge in [-0.1, -0.05) is 23.2 Å². The second kappa shape index (κ2) is 7.21. The molecule has 0 aliphatic rings. The summed E-state index contributed by atoms with van der Waals surface area (Å²) in [7, 11) is 0. The Morgan fingerprint density at radius 3 is 2.62 bits per heavy atom. The highest BCUT2D eigenvalue weighted by Crippen LogP contribution is 2.21. The second-order valence-corrected chi connectivity index (χ2v) is 6.32. The summed E-state index contributed by atoms with van der Waals surface area (Å²) >= 11 is 15.2. The third-order valence-corrected chi connectivity index (χ3v) is 3.95. The Kier molecular flexibility index (Phi) is 5.03. The SMILES string of the molecule is O=C(NNc1ccc(Cl)cc1)c1cc(Br)nn1-c1ncccc1Cl. The average Bonchev–Trinajstić information content (AvgIpc) is 2.96. The van der Waals surface area contributed by atoms with E-state index in [9.17, 15) is 4.79 Å². The molecular weight excluding hydrogens is 417 g/mol. The lowest BCUT2D eigenvalue weighted by atomic mass is 10.3. The Morgan fingerprint density at radius 2 is 1.92 bits per heavy atom. The van der Waals surface area contributed by atoms with Crippen LogP contribution in [0.4, 0.5) is 5.69 Å². The van der Waals surface area contributed by atoms with E-state index in [1.807, 2.05) is 0 Å². The molecule has 0 unspecified atom stereocenters. The Balaban J connectivity index is 1.83. The van der Waals surface area contributed by atoms with Crippen LogP contribution in [0.5, 0.6) is 0 Å². The van der Waals surface area contributed by atoms with Gasteiger partial charge >= 0.3 is 0 Å². The van der Waals surface area contributed by atoms with Crippen LogP contribution < -0.4 is 10.9 Å². The van der Waals surface area contributed by atoms with Crippen molar-refractivity contribution in [2.24, 2.45) is 0 Å². The fourth-order valence-electron chi connectivity index (χ4n) is 1.93. The Labute approximate surface area is 155 Å². The number of pyridine rings is 1. The number of carbonyl (C=O) groups is 1. The van der Waals surface area contributed by atoms with Gasteiger partial charge in [0.25, 0.3) is 5.91 Å². The van der Waals surface area contributed by atoms with Gasteiger partial charge in [-0.15, -0.1) is 0 Å². The van der Waals surface area contributed by atoms with E-state index in [2.05, 4.69) is 36.9 Å². The molecule has 0 bridgehead atoms. The van der Waals surface area contributed by atoms with E-state index in [1.54, 1.807) is 48.7 Å². The largest absolute Gasteiger partial charge is 0.298 e. The van der Waals surface area contributed by atoms with Crippen LogP contribution >= 0.6 is 39.1 Å². The minimum Gasteiger partial charge on any atom is -0.298 e. The molecule has 1 amide bonds. The van der Waals surface area contributed by atoms with Crippen LogP contribution in [0.2, 0.25) is 10.0 Å². The van der Waals surface area contributed by atoms with E-state index >= 15 is 0 Å². The molecule has 1 aromatic carbocycles. The first-order valence-electron chi connectivity index (χ1n) is 6.73. The lowest BCUT2D eigenvalue weighted by Gasteiger charge is -2.10. The fraction of sp³-hybridized carbons (Fsp3) is 0. The zero-order valence-corrected chi connectivity index (χ0v) is 15.1. The van der Waals surface area contributed by atoms with Crippen molar-refractivity contribution in [1.29, 1.82) is 0 Å². The van der Waals surface area contributed by atoms with Crippen LogP contribution in [0.15, 0.2) is 53.3 Å². The van der Waals surface area contributed by atoms with Gasteiger partial charge in [0.05, 0.1) is 10.7 Å². The molecule has 0 radical (unpaired) electrons. The van der Waals surface area contributed by atoms with Crippen molar-refractivity contribution in [3.05, 3.63) is 69.0 Å². The number of halogens is 3. The Morgan fingerprint density at radius 1 is 1.17 bits per heavy atom. The standard InChI is InChI=1S/C15H10BrCl2N5O/c16-13-8-12(23(22-13)14-11(18)2-1-7-19-14)15(24)21-20-10-5-3-9(17)4-6-10/h1-8,20H,(H,21,24). The molecule has 3 aromatic rings. The van der Waals surface area contributed by atoms with Crippen molar-refractivity contribution in [2.45, 2.75) is 0 Å². The molecule has 2 heterocycles. The number of hydrazine groups is 1. The summed E-state index contributed by atoms with van der Waals surface area (Å²) < 4.78 is 1.85. The number of nitrogens with one attached hydrogen (secondary N) is 2. The highest BCUT2D eigenvalue weighted by atomic mass is 79.9. The molecule has 2 aromatic heterocycles. The highest BCUT2D eigenvalue weighted by molar-refractivity contribution is 9.10. The summed E-state index contributed by atoms with van der Waals surface area (Å²) in [6, 6.07) is 11.9. The second-order valence-electron chi connectivity index (χ2n) is 4.66. The molecule has 0 fully saturated rings. The number of anilines is 1. The van der Waals surface area contributed by atoms with Crippen LogP contribution in [0.1, 0.15) is 10.5 Å². The normalized spacial score (nSPS) is 10.5. The van der Waals surface area contributed by atoms with E-state index in [-0.39, 0.29) is 5.69 Å². The average molecular weight is 427 g/mol. The van der Waals surface area contributed by atoms with Gasteiger partial charge in [-0.05, 0) is 52.3 Å². The molecule has 24 heavy (non-hydrogen) atoms. The van der Waals surface area contributed by atoms with E-state index in [0.717, 1.165) is 0 Å². The van der Waals surface area contributed by atoms with Crippen molar-refractivity contribution < 1.29 is 4.79 Å². The number of benzene rings is 1. The number of nitrogens with zero attached hydrogens (tertiary/aromatic N) is 3.